The molecule has 20 nitrogen and oxygen atoms in total. The van der Waals surface area contributed by atoms with E-state index in [1.807, 2.05) is 55.1 Å². The number of nitrogens with zero attached hydrogens (tertiary/aromatic N) is 5. The van der Waals surface area contributed by atoms with Crippen LogP contribution in [-0.2, 0) is 24.0 Å². The summed E-state index contributed by atoms with van der Waals surface area (Å²) in [5, 5.41) is 8.06. The summed E-state index contributed by atoms with van der Waals surface area (Å²) in [5.41, 5.74) is 5.95. The number of nitrogens with one attached hydrogen (secondary N) is 3. The minimum Gasteiger partial charge on any atom is -0.497 e. The Bertz CT molecular complexity index is 3250. The van der Waals surface area contributed by atoms with Crippen molar-refractivity contribution in [3.05, 3.63) is 107 Å². The van der Waals surface area contributed by atoms with Crippen molar-refractivity contribution in [1.82, 2.24) is 25.3 Å². The lowest BCUT2D eigenvalue weighted by Crippen LogP contribution is -2.53. The molecule has 21 heteroatoms. The van der Waals surface area contributed by atoms with Gasteiger partial charge >= 0.3 is 0 Å². The summed E-state index contributed by atoms with van der Waals surface area (Å²) in [7, 11) is 4.65. The number of likely N-dealkylation sites (tertiary alicyclic amines) is 1. The van der Waals surface area contributed by atoms with Crippen LogP contribution in [0.2, 0.25) is 0 Å². The molecule has 430 valence electrons. The average molecular weight is 1140 g/mol. The predicted molar refractivity (Wildman–Crippen MR) is 313 cm³/mol. The Balaban J connectivity index is 0.733. The fourth-order valence-electron chi connectivity index (χ4n) is 10.3. The van der Waals surface area contributed by atoms with Gasteiger partial charge in [-0.15, -0.1) is 0 Å². The molecule has 5 aliphatic rings. The number of amides is 7. The van der Waals surface area contributed by atoms with Crippen LogP contribution >= 0.6 is 11.8 Å². The second-order valence-corrected chi connectivity index (χ2v) is 21.9. The lowest BCUT2D eigenvalue weighted by molar-refractivity contribution is -0.138. The minimum absolute atomic E-state index is 0.156. The molecule has 1 fully saturated rings. The average Bonchev–Trinajstić information content (AvgIpc) is 3.94. The Kier molecular flexibility index (Phi) is 18.4. The number of fused-ring (bicyclic) bond motifs is 4. The van der Waals surface area contributed by atoms with Crippen molar-refractivity contribution < 1.29 is 57.2 Å². The largest absolute Gasteiger partial charge is 0.497 e. The number of hydrogen-bond acceptors (Lipinski definition) is 15. The molecule has 1 saturated heterocycles. The van der Waals surface area contributed by atoms with Gasteiger partial charge in [0.15, 0.2) is 23.0 Å². The third-order valence-electron chi connectivity index (χ3n) is 15.0. The predicted octanol–water partition coefficient (Wildman–Crippen LogP) is 8.14. The maximum atomic E-state index is 14.1. The van der Waals surface area contributed by atoms with Crippen LogP contribution in [0.3, 0.4) is 0 Å². The third kappa shape index (κ3) is 13.0. The Morgan fingerprint density at radius 1 is 0.646 bits per heavy atom. The number of hydrogen-bond donors (Lipinski definition) is 3. The van der Waals surface area contributed by atoms with Crippen molar-refractivity contribution in [3.63, 3.8) is 0 Å². The van der Waals surface area contributed by atoms with E-state index in [1.165, 1.54) is 30.9 Å². The molecule has 5 atom stereocenters. The van der Waals surface area contributed by atoms with Crippen molar-refractivity contribution in [2.24, 2.45) is 15.9 Å². The van der Waals surface area contributed by atoms with Crippen LogP contribution < -0.4 is 39.6 Å². The van der Waals surface area contributed by atoms with Gasteiger partial charge in [-0.1, -0.05) is 44.5 Å². The van der Waals surface area contributed by atoms with E-state index in [-0.39, 0.29) is 78.8 Å². The highest BCUT2D eigenvalue weighted by molar-refractivity contribution is 8.00. The monoisotopic (exact) mass is 1140 g/mol. The van der Waals surface area contributed by atoms with Crippen LogP contribution in [0, 0.1) is 5.92 Å². The van der Waals surface area contributed by atoms with Crippen molar-refractivity contribution in [1.29, 1.82) is 0 Å². The second-order valence-electron chi connectivity index (χ2n) is 20.9. The lowest BCUT2D eigenvalue weighted by atomic mass is 10.0. The van der Waals surface area contributed by atoms with Crippen molar-refractivity contribution in [3.8, 4) is 28.7 Å². The number of methoxy groups -OCH3 is 3. The van der Waals surface area contributed by atoms with Crippen molar-refractivity contribution in [2.45, 2.75) is 102 Å². The number of benzene rings is 4. The number of aliphatic imine (C=N–C) groups is 2. The van der Waals surface area contributed by atoms with Crippen LogP contribution in [-0.4, -0.2) is 145 Å². The van der Waals surface area contributed by atoms with Gasteiger partial charge in [0.1, 0.15) is 17.8 Å². The Hall–Kier alpha value is -8.46. The van der Waals surface area contributed by atoms with Gasteiger partial charge < -0.3 is 49.4 Å². The van der Waals surface area contributed by atoms with Gasteiger partial charge in [0.25, 0.3) is 11.8 Å². The van der Waals surface area contributed by atoms with Gasteiger partial charge in [-0.2, -0.15) is 11.8 Å². The van der Waals surface area contributed by atoms with E-state index in [2.05, 4.69) is 16.0 Å². The van der Waals surface area contributed by atoms with Crippen molar-refractivity contribution in [2.75, 3.05) is 52.7 Å². The molecule has 0 radical (unpaired) electrons. The summed E-state index contributed by atoms with van der Waals surface area (Å²) < 4.78 is 29.0. The first-order valence-corrected chi connectivity index (χ1v) is 28.7. The van der Waals surface area contributed by atoms with E-state index in [4.69, 9.17) is 33.7 Å². The van der Waals surface area contributed by atoms with Crippen LogP contribution in [0.4, 0.5) is 17.1 Å². The molecular formula is C61H68N8O12S. The van der Waals surface area contributed by atoms with Gasteiger partial charge in [0, 0.05) is 81.3 Å². The molecule has 3 N–H and O–H groups in total. The second kappa shape index (κ2) is 26.0. The number of carbonyl (C=O) groups is 7. The van der Waals surface area contributed by atoms with Crippen LogP contribution in [0.1, 0.15) is 104 Å². The Morgan fingerprint density at radius 3 is 1.70 bits per heavy atom. The number of unbranched alkanes of at least 4 members (excludes halogenated alkanes) is 2. The topological polar surface area (TPSA) is 236 Å². The summed E-state index contributed by atoms with van der Waals surface area (Å²) in [6.07, 6.45) is 12.8. The Labute approximate surface area is 480 Å². The lowest BCUT2D eigenvalue weighted by Gasteiger charge is -2.24. The molecule has 0 aromatic heterocycles. The standard InChI is InChI=1S/C61H68N8O12S/c1-35(2)56(66-54(70)12-9-8-10-21-67-55(71)30-53(82-7)61(67)76)58(73)64-36(3)57(72)65-41-17-13-37(14-18-41)39-24-42-31-62-47-28-51(49(78-5)26-45(47)59(74)68(42)33-39)80-22-11-23-81-52-29-48-46(27-50(52)79-6)60(75)69-34-40(25-43(69)32-63-48)38-15-19-44(77-4)20-16-38/h13-20,26-29,31-36,42-43,53,56H,8-12,21-25,30H2,1-7H3,(H,64,73)(H,65,72)(H,66,70)/t36-,42-,43-,53?,56-/m0/s1. The fourth-order valence-corrected chi connectivity index (χ4v) is 11.0. The molecule has 82 heavy (non-hydrogen) atoms. The van der Waals surface area contributed by atoms with Crippen molar-refractivity contribution >= 4 is 93.7 Å². The molecule has 4 aromatic rings. The van der Waals surface area contributed by atoms with E-state index in [9.17, 15) is 33.6 Å². The van der Waals surface area contributed by atoms with Gasteiger partial charge in [-0.3, -0.25) is 48.4 Å². The zero-order valence-electron chi connectivity index (χ0n) is 47.0. The molecule has 0 saturated carbocycles. The van der Waals surface area contributed by atoms with Gasteiger partial charge in [-0.05, 0) is 90.6 Å². The van der Waals surface area contributed by atoms with E-state index >= 15 is 0 Å². The van der Waals surface area contributed by atoms with E-state index in [0.717, 1.165) is 28.0 Å². The minimum atomic E-state index is -0.925. The summed E-state index contributed by atoms with van der Waals surface area (Å²) in [6.45, 7) is 6.01. The molecular weight excluding hydrogens is 1070 g/mol. The molecule has 5 aliphatic heterocycles. The molecule has 0 bridgehead atoms. The number of rotatable bonds is 24. The van der Waals surface area contributed by atoms with E-state index < -0.39 is 23.9 Å². The zero-order valence-corrected chi connectivity index (χ0v) is 47.8. The highest BCUT2D eigenvalue weighted by Crippen LogP contribution is 2.42. The fraction of sp³-hybridized carbons (Fsp3) is 0.393. The SMILES string of the molecule is COc1ccc(C2=CN3C(=O)c4cc(OC)c(OCCCOc5cc6c(cc5OC)C(=O)N5C=C(c7ccc(NC(=O)[C@H](C)NC(=O)[C@@H](NC(=O)CCCCCN8C(=O)CC(SC)C8=O)C(C)C)cc7)C[C@H]5C=N6)cc4N=C[C@@H]3C2)cc1. The molecule has 7 amide bonds. The molecule has 5 heterocycles. The van der Waals surface area contributed by atoms with Crippen LogP contribution in [0.25, 0.3) is 11.1 Å². The molecule has 0 spiro atoms. The first-order valence-electron chi connectivity index (χ1n) is 27.4. The number of ether oxygens (including phenoxy) is 5. The van der Waals surface area contributed by atoms with E-state index in [1.54, 1.807) is 86.5 Å². The Morgan fingerprint density at radius 2 is 1.20 bits per heavy atom. The number of carbonyl (C=O) groups excluding carboxylic acids is 7. The van der Waals surface area contributed by atoms with Crippen LogP contribution in [0.5, 0.6) is 28.7 Å². The first-order chi connectivity index (χ1) is 39.6. The van der Waals surface area contributed by atoms with Gasteiger partial charge in [-0.25, -0.2) is 0 Å². The molecule has 4 aromatic carbocycles. The third-order valence-corrected chi connectivity index (χ3v) is 15.9. The maximum Gasteiger partial charge on any atom is 0.260 e. The van der Waals surface area contributed by atoms with E-state index in [0.29, 0.717) is 96.3 Å². The van der Waals surface area contributed by atoms with Gasteiger partial charge in [0.2, 0.25) is 29.5 Å². The summed E-state index contributed by atoms with van der Waals surface area (Å²) in [5.74, 6) is 0.114. The summed E-state index contributed by atoms with van der Waals surface area (Å²) >= 11 is 1.37. The molecule has 9 rings (SSSR count). The quantitative estimate of drug-likeness (QED) is 0.0444. The normalized spacial score (nSPS) is 18.6. The summed E-state index contributed by atoms with van der Waals surface area (Å²) in [6, 6.07) is 19.3. The molecule has 0 aliphatic carbocycles. The first kappa shape index (κ1) is 58.2. The number of thioether (sulfide) groups is 1. The highest BCUT2D eigenvalue weighted by atomic mass is 32.2. The number of imide groups is 1. The highest BCUT2D eigenvalue weighted by Gasteiger charge is 2.38. The smallest absolute Gasteiger partial charge is 0.260 e. The van der Waals surface area contributed by atoms with Gasteiger partial charge in [0.05, 0.1) is 74.4 Å². The number of anilines is 1. The summed E-state index contributed by atoms with van der Waals surface area (Å²) in [4.78, 5) is 106. The maximum absolute atomic E-state index is 14.1. The van der Waals surface area contributed by atoms with Crippen LogP contribution in [0.15, 0.2) is 95.2 Å². The molecule has 1 unspecified atom stereocenters. The zero-order chi connectivity index (χ0) is 58.2.